The summed E-state index contributed by atoms with van der Waals surface area (Å²) >= 11 is 6.01. The van der Waals surface area contributed by atoms with E-state index < -0.39 is 0 Å². The number of nitrogens with one attached hydrogen (secondary N) is 1. The van der Waals surface area contributed by atoms with Crippen molar-refractivity contribution >= 4 is 23.4 Å². The Hall–Kier alpha value is -1.56. The first-order valence-corrected chi connectivity index (χ1v) is 6.31. The third-order valence-electron chi connectivity index (χ3n) is 3.53. The second-order valence-electron chi connectivity index (χ2n) is 4.59. The van der Waals surface area contributed by atoms with Gasteiger partial charge in [-0.15, -0.1) is 0 Å². The summed E-state index contributed by atoms with van der Waals surface area (Å²) in [6.07, 6.45) is 1.48. The van der Waals surface area contributed by atoms with E-state index in [1.807, 2.05) is 11.8 Å². The molecule has 1 aromatic rings. The molecule has 2 saturated heterocycles. The largest absolute Gasteiger partial charge is 0.352 e. The maximum absolute atomic E-state index is 11.5. The fraction of sp³-hybridized carbons (Fsp3) is 0.545. The third-order valence-corrected chi connectivity index (χ3v) is 3.91. The van der Waals surface area contributed by atoms with Gasteiger partial charge in [-0.2, -0.15) is 0 Å². The Morgan fingerprint density at radius 3 is 3.11 bits per heavy atom. The van der Waals surface area contributed by atoms with Crippen LogP contribution in [0.1, 0.15) is 5.56 Å². The molecule has 6 nitrogen and oxygen atoms in total. The molecule has 0 bridgehead atoms. The lowest BCUT2D eigenvalue weighted by Crippen LogP contribution is -2.52. The fourth-order valence-electron chi connectivity index (χ4n) is 2.54. The van der Waals surface area contributed by atoms with Gasteiger partial charge in [0.1, 0.15) is 17.3 Å². The number of urea groups is 1. The molecule has 2 aliphatic heterocycles. The molecule has 3 rings (SSSR count). The second-order valence-corrected chi connectivity index (χ2v) is 4.95. The molecule has 1 N–H and O–H groups in total. The number of piperazine rings is 1. The van der Waals surface area contributed by atoms with Crippen molar-refractivity contribution in [3.63, 3.8) is 0 Å². The SMILES string of the molecule is Cc1c(Cl)ncnc1N1CCN2C(=O)NCC2C1. The highest BCUT2D eigenvalue weighted by Crippen LogP contribution is 2.25. The molecule has 0 radical (unpaired) electrons. The summed E-state index contributed by atoms with van der Waals surface area (Å²) in [5.74, 6) is 0.869. The van der Waals surface area contributed by atoms with Crippen LogP contribution in [0.2, 0.25) is 5.15 Å². The molecule has 0 saturated carbocycles. The molecule has 0 aliphatic carbocycles. The number of hydrogen-bond donors (Lipinski definition) is 1. The summed E-state index contributed by atoms with van der Waals surface area (Å²) in [5.41, 5.74) is 0.893. The van der Waals surface area contributed by atoms with Gasteiger partial charge in [-0.25, -0.2) is 14.8 Å². The van der Waals surface area contributed by atoms with Gasteiger partial charge in [0.15, 0.2) is 0 Å². The molecule has 0 aromatic carbocycles. The lowest BCUT2D eigenvalue weighted by Gasteiger charge is -2.37. The summed E-state index contributed by atoms with van der Waals surface area (Å²) < 4.78 is 0. The minimum atomic E-state index is 0.0390. The molecule has 0 spiro atoms. The quantitative estimate of drug-likeness (QED) is 0.759. The van der Waals surface area contributed by atoms with Crippen LogP contribution in [0.3, 0.4) is 0 Å². The minimum Gasteiger partial charge on any atom is -0.352 e. The second kappa shape index (κ2) is 4.28. The van der Waals surface area contributed by atoms with E-state index in [9.17, 15) is 4.79 Å². The van der Waals surface area contributed by atoms with Crippen molar-refractivity contribution in [3.8, 4) is 0 Å². The maximum atomic E-state index is 11.5. The highest BCUT2D eigenvalue weighted by Gasteiger charge is 2.36. The maximum Gasteiger partial charge on any atom is 0.317 e. The van der Waals surface area contributed by atoms with Crippen LogP contribution in [0.15, 0.2) is 6.33 Å². The summed E-state index contributed by atoms with van der Waals surface area (Å²) in [6.45, 7) is 4.90. The summed E-state index contributed by atoms with van der Waals surface area (Å²) in [7, 11) is 0. The van der Waals surface area contributed by atoms with Crippen molar-refractivity contribution in [2.24, 2.45) is 0 Å². The topological polar surface area (TPSA) is 61.4 Å². The number of anilines is 1. The summed E-state index contributed by atoms with van der Waals surface area (Å²) in [4.78, 5) is 23.8. The first-order valence-electron chi connectivity index (χ1n) is 5.93. The number of carbonyl (C=O) groups excluding carboxylic acids is 1. The zero-order valence-electron chi connectivity index (χ0n) is 10.1. The lowest BCUT2D eigenvalue weighted by molar-refractivity contribution is 0.197. The minimum absolute atomic E-state index is 0.0390. The first kappa shape index (κ1) is 11.5. The van der Waals surface area contributed by atoms with E-state index in [0.29, 0.717) is 11.7 Å². The summed E-state index contributed by atoms with van der Waals surface area (Å²) in [6, 6.07) is 0.261. The molecular weight excluding hydrogens is 254 g/mol. The van der Waals surface area contributed by atoms with Crippen LogP contribution in [-0.4, -0.2) is 53.1 Å². The van der Waals surface area contributed by atoms with Crippen LogP contribution in [0.25, 0.3) is 0 Å². The Morgan fingerprint density at radius 1 is 1.44 bits per heavy atom. The molecular formula is C11H14ClN5O. The highest BCUT2D eigenvalue weighted by atomic mass is 35.5. The van der Waals surface area contributed by atoms with Crippen molar-refractivity contribution in [1.82, 2.24) is 20.2 Å². The zero-order chi connectivity index (χ0) is 12.7. The third kappa shape index (κ3) is 1.77. The number of aromatic nitrogens is 2. The van der Waals surface area contributed by atoms with Crippen molar-refractivity contribution in [2.75, 3.05) is 31.1 Å². The average molecular weight is 268 g/mol. The predicted molar refractivity (Wildman–Crippen MR) is 67.9 cm³/mol. The van der Waals surface area contributed by atoms with Crippen molar-refractivity contribution < 1.29 is 4.79 Å². The highest BCUT2D eigenvalue weighted by molar-refractivity contribution is 6.30. The smallest absolute Gasteiger partial charge is 0.317 e. The number of nitrogens with zero attached hydrogens (tertiary/aromatic N) is 4. The van der Waals surface area contributed by atoms with Gasteiger partial charge in [0.25, 0.3) is 0 Å². The molecule has 1 aromatic heterocycles. The fourth-order valence-corrected chi connectivity index (χ4v) is 2.66. The molecule has 1 atom stereocenters. The zero-order valence-corrected chi connectivity index (χ0v) is 10.8. The van der Waals surface area contributed by atoms with Crippen LogP contribution < -0.4 is 10.2 Å². The van der Waals surface area contributed by atoms with Gasteiger partial charge in [0.2, 0.25) is 0 Å². The molecule has 1 unspecified atom stereocenters. The van der Waals surface area contributed by atoms with E-state index in [2.05, 4.69) is 20.2 Å². The van der Waals surface area contributed by atoms with Gasteiger partial charge in [-0.3, -0.25) is 0 Å². The van der Waals surface area contributed by atoms with E-state index in [0.717, 1.165) is 31.0 Å². The van der Waals surface area contributed by atoms with Crippen LogP contribution in [0.4, 0.5) is 10.6 Å². The van der Waals surface area contributed by atoms with Gasteiger partial charge < -0.3 is 15.1 Å². The number of hydrogen-bond acceptors (Lipinski definition) is 4. The number of carbonyl (C=O) groups is 1. The number of amides is 2. The summed E-state index contributed by atoms with van der Waals surface area (Å²) in [5, 5.41) is 3.35. The Kier molecular flexibility index (Phi) is 2.74. The molecule has 18 heavy (non-hydrogen) atoms. The van der Waals surface area contributed by atoms with Crippen LogP contribution in [0.5, 0.6) is 0 Å². The Labute approximate surface area is 110 Å². The number of fused-ring (bicyclic) bond motifs is 1. The van der Waals surface area contributed by atoms with E-state index in [1.54, 1.807) is 0 Å². The standard InChI is InChI=1S/C11H14ClN5O/c1-7-9(12)14-6-15-10(7)16-2-3-17-8(5-16)4-13-11(17)18/h6,8H,2-5H2,1H3,(H,13,18). The van der Waals surface area contributed by atoms with E-state index >= 15 is 0 Å². The monoisotopic (exact) mass is 267 g/mol. The number of halogens is 1. The average Bonchev–Trinajstić information content (AvgIpc) is 2.74. The molecule has 3 heterocycles. The van der Waals surface area contributed by atoms with Crippen LogP contribution in [-0.2, 0) is 0 Å². The predicted octanol–water partition coefficient (Wildman–Crippen LogP) is 0.652. The van der Waals surface area contributed by atoms with Gasteiger partial charge in [0.05, 0.1) is 6.04 Å². The van der Waals surface area contributed by atoms with Gasteiger partial charge in [0, 0.05) is 31.7 Å². The van der Waals surface area contributed by atoms with E-state index in [4.69, 9.17) is 11.6 Å². The van der Waals surface area contributed by atoms with Gasteiger partial charge in [-0.05, 0) is 6.92 Å². The van der Waals surface area contributed by atoms with Gasteiger partial charge >= 0.3 is 6.03 Å². The molecule has 2 fully saturated rings. The van der Waals surface area contributed by atoms with E-state index in [1.165, 1.54) is 6.33 Å². The molecule has 96 valence electrons. The van der Waals surface area contributed by atoms with Gasteiger partial charge in [-0.1, -0.05) is 11.6 Å². The Bertz CT molecular complexity index is 494. The molecule has 2 amide bonds. The first-order chi connectivity index (χ1) is 8.66. The number of rotatable bonds is 1. The normalized spacial score (nSPS) is 23.0. The van der Waals surface area contributed by atoms with Crippen LogP contribution >= 0.6 is 11.6 Å². The van der Waals surface area contributed by atoms with E-state index in [-0.39, 0.29) is 12.1 Å². The van der Waals surface area contributed by atoms with Crippen molar-refractivity contribution in [2.45, 2.75) is 13.0 Å². The molecule has 7 heteroatoms. The Morgan fingerprint density at radius 2 is 2.28 bits per heavy atom. The Balaban J connectivity index is 1.83. The van der Waals surface area contributed by atoms with Crippen LogP contribution in [0, 0.1) is 6.92 Å². The van der Waals surface area contributed by atoms with Crippen molar-refractivity contribution in [1.29, 1.82) is 0 Å². The molecule has 2 aliphatic rings. The van der Waals surface area contributed by atoms with Crippen molar-refractivity contribution in [3.05, 3.63) is 17.0 Å². The lowest BCUT2D eigenvalue weighted by atomic mass is 10.2.